The first-order valence-corrected chi connectivity index (χ1v) is 11.2. The number of carbonyl (C=O) groups excluding carboxylic acids is 1. The average molecular weight is 459 g/mol. The van der Waals surface area contributed by atoms with E-state index in [-0.39, 0.29) is 31.3 Å². The second-order valence-electron chi connectivity index (χ2n) is 8.38. The highest BCUT2D eigenvalue weighted by molar-refractivity contribution is 5.88. The van der Waals surface area contributed by atoms with Crippen molar-refractivity contribution < 1.29 is 33.8 Å². The van der Waals surface area contributed by atoms with Crippen molar-refractivity contribution in [3.05, 3.63) is 42.4 Å². The molecule has 0 radical (unpaired) electrons. The fourth-order valence-electron chi connectivity index (χ4n) is 4.53. The minimum absolute atomic E-state index is 0.108. The van der Waals surface area contributed by atoms with Crippen molar-refractivity contribution in [2.75, 3.05) is 13.7 Å². The van der Waals surface area contributed by atoms with Crippen LogP contribution < -0.4 is 5.32 Å². The Morgan fingerprint density at radius 1 is 1.15 bits per heavy atom. The lowest BCUT2D eigenvalue weighted by atomic mass is 9.78. The normalized spacial score (nSPS) is 16.8. The molecule has 0 aliphatic heterocycles. The van der Waals surface area contributed by atoms with E-state index in [0.29, 0.717) is 5.76 Å². The number of hydrogen-bond donors (Lipinski definition) is 3. The van der Waals surface area contributed by atoms with Gasteiger partial charge in [0.05, 0.1) is 24.5 Å². The van der Waals surface area contributed by atoms with Crippen LogP contribution in [-0.2, 0) is 25.5 Å². The third-order valence-corrected chi connectivity index (χ3v) is 6.20. The summed E-state index contributed by atoms with van der Waals surface area (Å²) in [7, 11) is 1.48. The van der Waals surface area contributed by atoms with E-state index in [9.17, 15) is 24.6 Å². The second-order valence-corrected chi connectivity index (χ2v) is 8.38. The number of benzene rings is 1. The minimum Gasteiger partial charge on any atom is -0.481 e. The van der Waals surface area contributed by atoms with Crippen LogP contribution in [0.15, 0.2) is 40.9 Å². The number of carbonyl (C=O) groups is 3. The van der Waals surface area contributed by atoms with E-state index >= 15 is 0 Å². The maximum atomic E-state index is 13.2. The Bertz CT molecular complexity index is 937. The fourth-order valence-corrected chi connectivity index (χ4v) is 4.53. The van der Waals surface area contributed by atoms with Gasteiger partial charge in [0.2, 0.25) is 5.91 Å². The van der Waals surface area contributed by atoms with Crippen molar-refractivity contribution in [2.24, 2.45) is 17.8 Å². The molecule has 1 aromatic carbocycles. The van der Waals surface area contributed by atoms with Crippen LogP contribution in [0.25, 0.3) is 11.3 Å². The molecule has 1 unspecified atom stereocenters. The van der Waals surface area contributed by atoms with Crippen molar-refractivity contribution in [2.45, 2.75) is 44.6 Å². The number of carboxylic acid groups (broad SMARTS) is 2. The molecule has 1 aromatic heterocycles. The molecule has 33 heavy (non-hydrogen) atoms. The van der Waals surface area contributed by atoms with E-state index in [1.807, 2.05) is 30.3 Å². The monoisotopic (exact) mass is 458 g/mol. The van der Waals surface area contributed by atoms with Gasteiger partial charge in [-0.25, -0.2) is 9.78 Å². The van der Waals surface area contributed by atoms with Crippen LogP contribution in [0.3, 0.4) is 0 Å². The third kappa shape index (κ3) is 6.41. The summed E-state index contributed by atoms with van der Waals surface area (Å²) in [6, 6.07) is 7.97. The topological polar surface area (TPSA) is 139 Å². The van der Waals surface area contributed by atoms with Gasteiger partial charge in [0.25, 0.3) is 0 Å². The Hall–Kier alpha value is -3.20. The van der Waals surface area contributed by atoms with E-state index in [1.54, 1.807) is 0 Å². The standard InChI is InChI=1S/C24H30N2O7/c1-32-12-11-17(23(28)29)21(16-9-5-6-10-16)22(27)26-18(24(30)31)13-20-25-14-19(33-20)15-7-3-2-4-8-15/h2-4,7-8,14,16-18,21H,5-6,9-13H2,1H3,(H,26,27)(H,28,29)(H,30,31)/t17-,18-,21?/m0/s1. The number of aliphatic carboxylic acids is 2. The molecule has 3 atom stereocenters. The van der Waals surface area contributed by atoms with Crippen molar-refractivity contribution in [3.8, 4) is 11.3 Å². The predicted octanol–water partition coefficient (Wildman–Crippen LogP) is 3.00. The first kappa shape index (κ1) is 24.4. The molecular formula is C24H30N2O7. The molecular weight excluding hydrogens is 428 g/mol. The van der Waals surface area contributed by atoms with E-state index in [2.05, 4.69) is 10.3 Å². The van der Waals surface area contributed by atoms with E-state index in [4.69, 9.17) is 9.15 Å². The Balaban J connectivity index is 1.76. The molecule has 3 N–H and O–H groups in total. The second kappa shape index (κ2) is 11.6. The number of nitrogens with zero attached hydrogens (tertiary/aromatic N) is 1. The SMILES string of the molecule is COCC[C@H](C(=O)O)C(C(=O)N[C@@H](Cc1ncc(-c2ccccc2)o1)C(=O)O)C1CCCC1. The molecule has 9 nitrogen and oxygen atoms in total. The molecule has 3 rings (SSSR count). The maximum absolute atomic E-state index is 13.2. The first-order valence-electron chi connectivity index (χ1n) is 11.2. The molecule has 1 amide bonds. The number of carboxylic acids is 2. The molecule has 178 valence electrons. The largest absolute Gasteiger partial charge is 0.481 e. The van der Waals surface area contributed by atoms with Gasteiger partial charge in [0.1, 0.15) is 6.04 Å². The summed E-state index contributed by atoms with van der Waals surface area (Å²) in [6.45, 7) is 0.203. The fraction of sp³-hybridized carbons (Fsp3) is 0.500. The van der Waals surface area contributed by atoms with Crippen LogP contribution in [0.4, 0.5) is 0 Å². The molecule has 1 aliphatic carbocycles. The zero-order valence-electron chi connectivity index (χ0n) is 18.6. The van der Waals surface area contributed by atoms with Crippen LogP contribution in [0, 0.1) is 17.8 Å². The van der Waals surface area contributed by atoms with Gasteiger partial charge in [-0.05, 0) is 25.2 Å². The summed E-state index contributed by atoms with van der Waals surface area (Å²) < 4.78 is 10.7. The van der Waals surface area contributed by atoms with Crippen molar-refractivity contribution in [3.63, 3.8) is 0 Å². The van der Waals surface area contributed by atoms with E-state index < -0.39 is 35.7 Å². The first-order chi connectivity index (χ1) is 15.9. The number of ether oxygens (including phenoxy) is 1. The molecule has 1 heterocycles. The zero-order chi connectivity index (χ0) is 23.8. The number of hydrogen-bond acceptors (Lipinski definition) is 6. The van der Waals surface area contributed by atoms with Crippen LogP contribution in [-0.4, -0.2) is 52.8 Å². The van der Waals surface area contributed by atoms with Crippen molar-refractivity contribution in [1.29, 1.82) is 0 Å². The maximum Gasteiger partial charge on any atom is 0.326 e. The summed E-state index contributed by atoms with van der Waals surface area (Å²) in [5.74, 6) is -4.09. The molecule has 9 heteroatoms. The van der Waals surface area contributed by atoms with Gasteiger partial charge in [0, 0.05) is 19.3 Å². The van der Waals surface area contributed by atoms with E-state index in [0.717, 1.165) is 31.2 Å². The highest BCUT2D eigenvalue weighted by Crippen LogP contribution is 2.37. The zero-order valence-corrected chi connectivity index (χ0v) is 18.6. The average Bonchev–Trinajstić information content (AvgIpc) is 3.49. The third-order valence-electron chi connectivity index (χ3n) is 6.20. The minimum atomic E-state index is -1.29. The van der Waals surface area contributed by atoms with Crippen LogP contribution in [0.5, 0.6) is 0 Å². The van der Waals surface area contributed by atoms with Gasteiger partial charge < -0.3 is 24.7 Å². The number of rotatable bonds is 12. The van der Waals surface area contributed by atoms with Crippen molar-refractivity contribution in [1.82, 2.24) is 10.3 Å². The summed E-state index contributed by atoms with van der Waals surface area (Å²) in [5, 5.41) is 22.1. The molecule has 0 saturated heterocycles. The Labute approximate surface area is 192 Å². The van der Waals surface area contributed by atoms with Crippen LogP contribution in [0.2, 0.25) is 0 Å². The Morgan fingerprint density at radius 2 is 1.85 bits per heavy atom. The number of oxazole rings is 1. The van der Waals surface area contributed by atoms with Crippen LogP contribution in [0.1, 0.15) is 38.0 Å². The lowest BCUT2D eigenvalue weighted by Crippen LogP contribution is -2.49. The molecule has 0 spiro atoms. The summed E-state index contributed by atoms with van der Waals surface area (Å²) in [6.07, 6.45) is 4.87. The van der Waals surface area contributed by atoms with Gasteiger partial charge in [-0.2, -0.15) is 0 Å². The lowest BCUT2D eigenvalue weighted by Gasteiger charge is -2.29. The quantitative estimate of drug-likeness (QED) is 0.441. The molecule has 1 saturated carbocycles. The Morgan fingerprint density at radius 3 is 2.45 bits per heavy atom. The highest BCUT2D eigenvalue weighted by Gasteiger charge is 2.41. The number of methoxy groups -OCH3 is 1. The summed E-state index contributed by atoms with van der Waals surface area (Å²) in [4.78, 5) is 41.3. The predicted molar refractivity (Wildman–Crippen MR) is 118 cm³/mol. The highest BCUT2D eigenvalue weighted by atomic mass is 16.5. The smallest absolute Gasteiger partial charge is 0.326 e. The van der Waals surface area contributed by atoms with Gasteiger partial charge in [-0.15, -0.1) is 0 Å². The molecule has 2 aromatic rings. The van der Waals surface area contributed by atoms with Gasteiger partial charge in [0.15, 0.2) is 11.7 Å². The molecule has 1 fully saturated rings. The molecule has 1 aliphatic rings. The summed E-state index contributed by atoms with van der Waals surface area (Å²) >= 11 is 0. The number of amides is 1. The number of aromatic nitrogens is 1. The number of nitrogens with one attached hydrogen (secondary N) is 1. The lowest BCUT2D eigenvalue weighted by molar-refractivity contribution is -0.150. The van der Waals surface area contributed by atoms with Crippen molar-refractivity contribution >= 4 is 17.8 Å². The van der Waals surface area contributed by atoms with Gasteiger partial charge in [-0.1, -0.05) is 43.2 Å². The van der Waals surface area contributed by atoms with E-state index in [1.165, 1.54) is 13.3 Å². The Kier molecular flexibility index (Phi) is 8.59. The van der Waals surface area contributed by atoms with Gasteiger partial charge >= 0.3 is 11.9 Å². The molecule has 0 bridgehead atoms. The van der Waals surface area contributed by atoms with Gasteiger partial charge in [-0.3, -0.25) is 9.59 Å². The summed E-state index contributed by atoms with van der Waals surface area (Å²) in [5.41, 5.74) is 0.802. The van der Waals surface area contributed by atoms with Crippen LogP contribution >= 0.6 is 0 Å².